The first-order chi connectivity index (χ1) is 13.2. The summed E-state index contributed by atoms with van der Waals surface area (Å²) in [5.41, 5.74) is 7.96. The number of hydrogen-bond acceptors (Lipinski definition) is 8. The van der Waals surface area contributed by atoms with Gasteiger partial charge in [0.05, 0.1) is 11.9 Å². The molecule has 0 fully saturated rings. The maximum absolute atomic E-state index is 5.75. The molecular weight excluding hydrogens is 360 g/mol. The molecule has 4 rings (SSSR count). The van der Waals surface area contributed by atoms with Crippen LogP contribution in [0, 0.1) is 0 Å². The van der Waals surface area contributed by atoms with Gasteiger partial charge in [-0.2, -0.15) is 0 Å². The molecule has 0 spiro atoms. The quantitative estimate of drug-likeness (QED) is 0.530. The Morgan fingerprint density at radius 3 is 2.70 bits per heavy atom. The van der Waals surface area contributed by atoms with Gasteiger partial charge in [-0.1, -0.05) is 30.3 Å². The summed E-state index contributed by atoms with van der Waals surface area (Å²) >= 11 is 1.59. The second-order valence-corrected chi connectivity index (χ2v) is 6.73. The van der Waals surface area contributed by atoms with Gasteiger partial charge >= 0.3 is 0 Å². The summed E-state index contributed by atoms with van der Waals surface area (Å²) in [6.45, 7) is 0.756. The van der Waals surface area contributed by atoms with E-state index in [1.807, 2.05) is 18.2 Å². The predicted octanol–water partition coefficient (Wildman–Crippen LogP) is 3.49. The lowest BCUT2D eigenvalue weighted by Crippen LogP contribution is -2.09. The lowest BCUT2D eigenvalue weighted by atomic mass is 10.1. The molecule has 0 bridgehead atoms. The summed E-state index contributed by atoms with van der Waals surface area (Å²) in [6, 6.07) is 11.9. The van der Waals surface area contributed by atoms with E-state index in [1.165, 1.54) is 0 Å². The fraction of sp³-hybridized carbons (Fsp3) is 0.158. The van der Waals surface area contributed by atoms with Gasteiger partial charge in [0.1, 0.15) is 28.9 Å². The summed E-state index contributed by atoms with van der Waals surface area (Å²) in [5.74, 6) is 2.40. The van der Waals surface area contributed by atoms with Crippen LogP contribution in [-0.2, 0) is 17.9 Å². The Kier molecular flexibility index (Phi) is 4.91. The van der Waals surface area contributed by atoms with E-state index in [-0.39, 0.29) is 0 Å². The first-order valence-corrected chi connectivity index (χ1v) is 9.26. The monoisotopic (exact) mass is 378 g/mol. The van der Waals surface area contributed by atoms with E-state index in [0.29, 0.717) is 30.6 Å². The number of aromatic nitrogens is 4. The van der Waals surface area contributed by atoms with E-state index in [0.717, 1.165) is 27.2 Å². The lowest BCUT2D eigenvalue weighted by molar-refractivity contribution is 0.178. The molecule has 0 aliphatic carbocycles. The molecule has 0 saturated heterocycles. The summed E-state index contributed by atoms with van der Waals surface area (Å²) in [4.78, 5) is 18.7. The average molecular weight is 378 g/mol. The first kappa shape index (κ1) is 17.3. The van der Waals surface area contributed by atoms with Crippen LogP contribution in [0.15, 0.2) is 48.0 Å². The first-order valence-electron chi connectivity index (χ1n) is 8.38. The third-order valence-corrected chi connectivity index (χ3v) is 4.85. The highest BCUT2D eigenvalue weighted by molar-refractivity contribution is 7.17. The molecule has 0 amide bonds. The van der Waals surface area contributed by atoms with Crippen LogP contribution in [0.2, 0.25) is 0 Å². The Bertz CT molecular complexity index is 1070. The van der Waals surface area contributed by atoms with Crippen LogP contribution in [0.3, 0.4) is 0 Å². The molecule has 27 heavy (non-hydrogen) atoms. The molecule has 136 valence electrons. The van der Waals surface area contributed by atoms with Crippen LogP contribution >= 0.6 is 11.3 Å². The number of fused-ring (bicyclic) bond motifs is 1. The van der Waals surface area contributed by atoms with Gasteiger partial charge < -0.3 is 15.8 Å². The van der Waals surface area contributed by atoms with Gasteiger partial charge in [-0.25, -0.2) is 19.9 Å². The normalized spacial score (nSPS) is 11.0. The van der Waals surface area contributed by atoms with Gasteiger partial charge in [0.2, 0.25) is 0 Å². The van der Waals surface area contributed by atoms with Crippen molar-refractivity contribution in [2.24, 2.45) is 0 Å². The standard InChI is InChI=1S/C19H18N6OS/c1-26-10-16-24-18(22-9-15-21-8-7-14(20)23-15)17-13(11-27-19(17)25-16)12-5-3-2-4-6-12/h2-8,11H,9-10H2,1H3,(H2,20,21,23)(H,22,24,25). The number of methoxy groups -OCH3 is 1. The SMILES string of the molecule is COCc1nc(NCc2nccc(N)n2)c2c(-c3ccccc3)csc2n1. The van der Waals surface area contributed by atoms with Gasteiger partial charge in [0, 0.05) is 24.3 Å². The van der Waals surface area contributed by atoms with Crippen molar-refractivity contribution in [3.63, 3.8) is 0 Å². The van der Waals surface area contributed by atoms with Gasteiger partial charge in [-0.3, -0.25) is 0 Å². The maximum atomic E-state index is 5.75. The Balaban J connectivity index is 1.77. The number of nitrogens with one attached hydrogen (secondary N) is 1. The van der Waals surface area contributed by atoms with Crippen LogP contribution in [0.5, 0.6) is 0 Å². The highest BCUT2D eigenvalue weighted by atomic mass is 32.1. The summed E-state index contributed by atoms with van der Waals surface area (Å²) in [7, 11) is 1.63. The molecule has 7 nitrogen and oxygen atoms in total. The minimum Gasteiger partial charge on any atom is -0.384 e. The van der Waals surface area contributed by atoms with Gasteiger partial charge in [0.25, 0.3) is 0 Å². The number of nitrogens with zero attached hydrogens (tertiary/aromatic N) is 4. The van der Waals surface area contributed by atoms with Crippen molar-refractivity contribution in [2.45, 2.75) is 13.2 Å². The van der Waals surface area contributed by atoms with E-state index in [9.17, 15) is 0 Å². The third kappa shape index (κ3) is 3.71. The van der Waals surface area contributed by atoms with Crippen molar-refractivity contribution in [1.82, 2.24) is 19.9 Å². The molecule has 3 heterocycles. The molecule has 8 heteroatoms. The van der Waals surface area contributed by atoms with E-state index in [4.69, 9.17) is 10.5 Å². The number of nitrogens with two attached hydrogens (primary N) is 1. The van der Waals surface area contributed by atoms with Crippen molar-refractivity contribution in [2.75, 3.05) is 18.2 Å². The van der Waals surface area contributed by atoms with E-state index in [1.54, 1.807) is 30.7 Å². The Morgan fingerprint density at radius 1 is 1.07 bits per heavy atom. The minimum atomic E-state index is 0.345. The smallest absolute Gasteiger partial charge is 0.158 e. The second kappa shape index (κ2) is 7.65. The molecule has 0 saturated carbocycles. The second-order valence-electron chi connectivity index (χ2n) is 5.87. The predicted molar refractivity (Wildman–Crippen MR) is 107 cm³/mol. The minimum absolute atomic E-state index is 0.345. The van der Waals surface area contributed by atoms with E-state index < -0.39 is 0 Å². The van der Waals surface area contributed by atoms with Crippen LogP contribution in [0.25, 0.3) is 21.3 Å². The number of rotatable bonds is 6. The zero-order valence-electron chi connectivity index (χ0n) is 14.7. The topological polar surface area (TPSA) is 98.8 Å². The van der Waals surface area contributed by atoms with Gasteiger partial charge in [-0.15, -0.1) is 11.3 Å². The fourth-order valence-corrected chi connectivity index (χ4v) is 3.77. The number of benzene rings is 1. The number of hydrogen-bond donors (Lipinski definition) is 2. The van der Waals surface area contributed by atoms with Crippen molar-refractivity contribution < 1.29 is 4.74 Å². The number of thiophene rings is 1. The molecular formula is C19H18N6OS. The molecule has 0 aliphatic heterocycles. The summed E-state index contributed by atoms with van der Waals surface area (Å²) in [5, 5.41) is 6.43. The summed E-state index contributed by atoms with van der Waals surface area (Å²) < 4.78 is 5.21. The fourth-order valence-electron chi connectivity index (χ4n) is 2.80. The van der Waals surface area contributed by atoms with Gasteiger partial charge in [0.15, 0.2) is 5.82 Å². The zero-order valence-corrected chi connectivity index (χ0v) is 15.5. The lowest BCUT2D eigenvalue weighted by Gasteiger charge is -2.10. The molecule has 0 unspecified atom stereocenters. The Labute approximate surface area is 160 Å². The molecule has 4 aromatic rings. The Morgan fingerprint density at radius 2 is 1.93 bits per heavy atom. The van der Waals surface area contributed by atoms with Crippen molar-refractivity contribution >= 4 is 33.2 Å². The van der Waals surface area contributed by atoms with Crippen LogP contribution in [-0.4, -0.2) is 27.0 Å². The van der Waals surface area contributed by atoms with Crippen LogP contribution in [0.1, 0.15) is 11.6 Å². The van der Waals surface area contributed by atoms with Crippen molar-refractivity contribution in [1.29, 1.82) is 0 Å². The number of nitrogen functional groups attached to an aromatic ring is 1. The number of anilines is 2. The zero-order chi connectivity index (χ0) is 18.6. The molecule has 0 radical (unpaired) electrons. The number of ether oxygens (including phenoxy) is 1. The average Bonchev–Trinajstić information content (AvgIpc) is 3.11. The van der Waals surface area contributed by atoms with Crippen LogP contribution in [0.4, 0.5) is 11.6 Å². The maximum Gasteiger partial charge on any atom is 0.158 e. The highest BCUT2D eigenvalue weighted by Gasteiger charge is 2.15. The van der Waals surface area contributed by atoms with Crippen molar-refractivity contribution in [3.05, 3.63) is 59.6 Å². The Hall–Kier alpha value is -3.10. The largest absolute Gasteiger partial charge is 0.384 e. The van der Waals surface area contributed by atoms with Crippen LogP contribution < -0.4 is 11.1 Å². The van der Waals surface area contributed by atoms with E-state index in [2.05, 4.69) is 42.8 Å². The molecule has 3 N–H and O–H groups in total. The highest BCUT2D eigenvalue weighted by Crippen LogP contribution is 2.37. The summed E-state index contributed by atoms with van der Waals surface area (Å²) in [6.07, 6.45) is 1.64. The molecule has 0 atom stereocenters. The molecule has 3 aromatic heterocycles. The molecule has 1 aromatic carbocycles. The third-order valence-electron chi connectivity index (χ3n) is 3.98. The van der Waals surface area contributed by atoms with Crippen molar-refractivity contribution in [3.8, 4) is 11.1 Å². The van der Waals surface area contributed by atoms with E-state index >= 15 is 0 Å². The van der Waals surface area contributed by atoms with Gasteiger partial charge in [-0.05, 0) is 11.6 Å². The molecule has 0 aliphatic rings.